The first-order valence-corrected chi connectivity index (χ1v) is 7.63. The molecule has 1 atom stereocenters. The number of hydrogen-bond acceptors (Lipinski definition) is 5. The molecule has 2 aromatic rings. The fourth-order valence-electron chi connectivity index (χ4n) is 2.23. The molecule has 2 rings (SSSR count). The molecule has 1 aromatic heterocycles. The Morgan fingerprint density at radius 3 is 2.46 bits per heavy atom. The first-order valence-electron chi connectivity index (χ1n) is 7.63. The van der Waals surface area contributed by atoms with Gasteiger partial charge in [0.05, 0.1) is 26.3 Å². The molecule has 0 aliphatic rings. The molecule has 6 nitrogen and oxygen atoms in total. The summed E-state index contributed by atoms with van der Waals surface area (Å²) in [6.45, 7) is -0.0414. The number of carbonyl (C=O) groups is 1. The van der Waals surface area contributed by atoms with Crippen LogP contribution in [0, 0.1) is 0 Å². The second kappa shape index (κ2) is 8.13. The Labute approximate surface area is 147 Å². The summed E-state index contributed by atoms with van der Waals surface area (Å²) in [5, 5.41) is 12.2. The molecule has 0 radical (unpaired) electrons. The highest BCUT2D eigenvalue weighted by molar-refractivity contribution is 5.77. The minimum atomic E-state index is -5.07. The Balaban J connectivity index is 1.89. The van der Waals surface area contributed by atoms with Gasteiger partial charge < -0.3 is 24.3 Å². The largest absolute Gasteiger partial charge is 0.493 e. The molecule has 142 valence electrons. The van der Waals surface area contributed by atoms with Crippen LogP contribution in [-0.2, 0) is 10.4 Å². The van der Waals surface area contributed by atoms with E-state index < -0.39 is 29.9 Å². The summed E-state index contributed by atoms with van der Waals surface area (Å²) >= 11 is 0. The first-order chi connectivity index (χ1) is 12.3. The summed E-state index contributed by atoms with van der Waals surface area (Å²) in [6.07, 6.45) is -5.31. The van der Waals surface area contributed by atoms with Gasteiger partial charge in [-0.3, -0.25) is 4.79 Å². The molecular formula is C17H18F3NO5. The molecule has 1 unspecified atom stereocenters. The molecule has 0 spiro atoms. The number of halogens is 3. The maximum absolute atomic E-state index is 13.2. The highest BCUT2D eigenvalue weighted by Gasteiger charge is 2.58. The average molecular weight is 373 g/mol. The number of amides is 1. The summed E-state index contributed by atoms with van der Waals surface area (Å²) in [5.41, 5.74) is -3.40. The Kier molecular flexibility index (Phi) is 6.14. The molecule has 0 aliphatic heterocycles. The predicted molar refractivity (Wildman–Crippen MR) is 84.8 cm³/mol. The Hall–Kier alpha value is -2.68. The van der Waals surface area contributed by atoms with Crippen LogP contribution in [0.25, 0.3) is 0 Å². The van der Waals surface area contributed by atoms with Crippen LogP contribution in [0.3, 0.4) is 0 Å². The van der Waals surface area contributed by atoms with Gasteiger partial charge in [0.25, 0.3) is 0 Å². The van der Waals surface area contributed by atoms with Crippen LogP contribution in [-0.4, -0.2) is 37.5 Å². The van der Waals surface area contributed by atoms with E-state index in [0.29, 0.717) is 11.5 Å². The zero-order valence-corrected chi connectivity index (χ0v) is 13.9. The quantitative estimate of drug-likeness (QED) is 0.696. The van der Waals surface area contributed by atoms with Crippen molar-refractivity contribution in [2.24, 2.45) is 0 Å². The van der Waals surface area contributed by atoms with Gasteiger partial charge in [0.2, 0.25) is 11.5 Å². The Morgan fingerprint density at radius 2 is 1.88 bits per heavy atom. The van der Waals surface area contributed by atoms with E-state index in [0.717, 1.165) is 12.3 Å². The lowest BCUT2D eigenvalue weighted by Crippen LogP contribution is -2.46. The van der Waals surface area contributed by atoms with Gasteiger partial charge in [0.15, 0.2) is 11.5 Å². The number of benzene rings is 1. The van der Waals surface area contributed by atoms with Crippen molar-refractivity contribution in [2.45, 2.75) is 18.2 Å². The van der Waals surface area contributed by atoms with Crippen molar-refractivity contribution in [3.63, 3.8) is 0 Å². The van der Waals surface area contributed by atoms with Gasteiger partial charge >= 0.3 is 6.18 Å². The number of alkyl halides is 3. The average Bonchev–Trinajstić information content (AvgIpc) is 3.13. The number of carbonyl (C=O) groups excluding carboxylic acids is 1. The molecule has 0 fully saturated rings. The molecule has 1 amide bonds. The van der Waals surface area contributed by atoms with E-state index in [1.54, 1.807) is 24.3 Å². The maximum atomic E-state index is 13.2. The van der Waals surface area contributed by atoms with Crippen molar-refractivity contribution in [1.82, 2.24) is 5.32 Å². The Bertz CT molecular complexity index is 717. The number of aliphatic hydroxyl groups is 1. The van der Waals surface area contributed by atoms with Crippen molar-refractivity contribution >= 4 is 5.91 Å². The van der Waals surface area contributed by atoms with Gasteiger partial charge in [-0.25, -0.2) is 0 Å². The topological polar surface area (TPSA) is 80.9 Å². The van der Waals surface area contributed by atoms with Crippen LogP contribution in [0.1, 0.15) is 12.2 Å². The zero-order chi connectivity index (χ0) is 19.2. The molecule has 9 heteroatoms. The van der Waals surface area contributed by atoms with Crippen molar-refractivity contribution in [3.05, 3.63) is 48.4 Å². The first kappa shape index (κ1) is 19.6. The van der Waals surface area contributed by atoms with Gasteiger partial charge in [0, 0.05) is 0 Å². The molecule has 0 aliphatic carbocycles. The highest BCUT2D eigenvalue weighted by atomic mass is 19.4. The van der Waals surface area contributed by atoms with Crippen molar-refractivity contribution in [3.8, 4) is 11.5 Å². The molecule has 2 N–H and O–H groups in total. The molecule has 0 bridgehead atoms. The lowest BCUT2D eigenvalue weighted by Gasteiger charge is -2.27. The van der Waals surface area contributed by atoms with Crippen LogP contribution in [0.5, 0.6) is 11.5 Å². The van der Waals surface area contributed by atoms with Gasteiger partial charge in [-0.1, -0.05) is 12.1 Å². The number of hydrogen-bond donors (Lipinski definition) is 2. The van der Waals surface area contributed by atoms with E-state index in [9.17, 15) is 23.1 Å². The maximum Gasteiger partial charge on any atom is 0.425 e. The monoisotopic (exact) mass is 373 g/mol. The number of methoxy groups -OCH3 is 1. The van der Waals surface area contributed by atoms with E-state index in [2.05, 4.69) is 9.73 Å². The third kappa shape index (κ3) is 4.48. The number of furan rings is 1. The Morgan fingerprint density at radius 1 is 1.19 bits per heavy atom. The molecule has 1 heterocycles. The molecule has 0 saturated heterocycles. The third-order valence-corrected chi connectivity index (χ3v) is 3.57. The summed E-state index contributed by atoms with van der Waals surface area (Å²) < 4.78 is 54.7. The second-order valence-electron chi connectivity index (χ2n) is 5.36. The van der Waals surface area contributed by atoms with Crippen LogP contribution >= 0.6 is 0 Å². The van der Waals surface area contributed by atoms with Crippen LogP contribution in [0.4, 0.5) is 13.2 Å². The van der Waals surface area contributed by atoms with Crippen molar-refractivity contribution < 1.29 is 37.0 Å². The van der Waals surface area contributed by atoms with Crippen LogP contribution in [0.15, 0.2) is 47.1 Å². The van der Waals surface area contributed by atoms with E-state index in [-0.39, 0.29) is 13.2 Å². The smallest absolute Gasteiger partial charge is 0.425 e. The minimum Gasteiger partial charge on any atom is -0.493 e. The highest BCUT2D eigenvalue weighted by Crippen LogP contribution is 2.41. The normalized spacial score (nSPS) is 13.7. The molecule has 26 heavy (non-hydrogen) atoms. The van der Waals surface area contributed by atoms with Gasteiger partial charge in [-0.2, -0.15) is 13.2 Å². The lowest BCUT2D eigenvalue weighted by molar-refractivity contribution is -0.273. The number of para-hydroxylation sites is 2. The van der Waals surface area contributed by atoms with Crippen molar-refractivity contribution in [1.29, 1.82) is 0 Å². The fourth-order valence-corrected chi connectivity index (χ4v) is 2.23. The number of nitrogens with one attached hydrogen (secondary N) is 1. The summed E-state index contributed by atoms with van der Waals surface area (Å²) in [6, 6.07) is 8.97. The number of rotatable bonds is 8. The fraction of sp³-hybridized carbons (Fsp3) is 0.353. The van der Waals surface area contributed by atoms with Crippen molar-refractivity contribution in [2.75, 3.05) is 20.3 Å². The zero-order valence-electron chi connectivity index (χ0n) is 13.9. The van der Waals surface area contributed by atoms with Gasteiger partial charge in [0.1, 0.15) is 12.4 Å². The SMILES string of the molecule is COc1ccccc1OCCNC(=O)CC(O)(c1ccco1)C(F)(F)F. The van der Waals surface area contributed by atoms with Gasteiger partial charge in [-0.15, -0.1) is 0 Å². The van der Waals surface area contributed by atoms with Crippen LogP contribution < -0.4 is 14.8 Å². The van der Waals surface area contributed by atoms with Gasteiger partial charge in [-0.05, 0) is 24.3 Å². The summed E-state index contributed by atoms with van der Waals surface area (Å²) in [5.74, 6) is -0.815. The number of ether oxygens (including phenoxy) is 2. The third-order valence-electron chi connectivity index (χ3n) is 3.57. The summed E-state index contributed by atoms with van der Waals surface area (Å²) in [7, 11) is 1.47. The standard InChI is InChI=1S/C17H18F3NO5/c1-24-12-5-2-3-6-13(12)25-10-8-21-15(22)11-16(23,17(18,19)20)14-7-4-9-26-14/h2-7,9,23H,8,10-11H2,1H3,(H,21,22). The lowest BCUT2D eigenvalue weighted by atomic mass is 9.95. The van der Waals surface area contributed by atoms with E-state index >= 15 is 0 Å². The van der Waals surface area contributed by atoms with E-state index in [1.807, 2.05) is 0 Å². The van der Waals surface area contributed by atoms with Crippen LogP contribution in [0.2, 0.25) is 0 Å². The van der Waals surface area contributed by atoms with E-state index in [4.69, 9.17) is 9.47 Å². The van der Waals surface area contributed by atoms with E-state index in [1.165, 1.54) is 13.2 Å². The molecule has 1 aromatic carbocycles. The molecule has 0 saturated carbocycles. The summed E-state index contributed by atoms with van der Waals surface area (Å²) in [4.78, 5) is 11.8. The molecular weight excluding hydrogens is 355 g/mol. The predicted octanol–water partition coefficient (Wildman–Crippen LogP) is 2.62. The second-order valence-corrected chi connectivity index (χ2v) is 5.36. The minimum absolute atomic E-state index is 0.0112.